The van der Waals surface area contributed by atoms with E-state index in [1.54, 1.807) is 0 Å². The van der Waals surface area contributed by atoms with Crippen LogP contribution in [0.15, 0.2) is 30.3 Å². The maximum Gasteiger partial charge on any atom is 0.124 e. The zero-order valence-corrected chi connectivity index (χ0v) is 10.6. The molecule has 2 aromatic rings. The summed E-state index contributed by atoms with van der Waals surface area (Å²) < 4.78 is 0. The Hall–Kier alpha value is -1.57. The van der Waals surface area contributed by atoms with Crippen molar-refractivity contribution in [3.8, 4) is 0 Å². The van der Waals surface area contributed by atoms with Crippen LogP contribution in [0, 0.1) is 5.92 Å². The fourth-order valence-electron chi connectivity index (χ4n) is 2.22. The molecule has 0 atom stereocenters. The SMILES string of the molecule is CCC(CC)Cc1ccc2ccc(N)nc2c1. The number of hydrogen-bond donors (Lipinski definition) is 1. The van der Waals surface area contributed by atoms with Gasteiger partial charge in [-0.1, -0.05) is 38.8 Å². The molecular formula is C15H20N2. The van der Waals surface area contributed by atoms with Crippen LogP contribution >= 0.6 is 0 Å². The average Bonchev–Trinajstić information content (AvgIpc) is 2.35. The van der Waals surface area contributed by atoms with E-state index in [1.165, 1.54) is 18.4 Å². The van der Waals surface area contributed by atoms with Gasteiger partial charge < -0.3 is 5.73 Å². The molecule has 0 unspecified atom stereocenters. The molecule has 1 heterocycles. The smallest absolute Gasteiger partial charge is 0.124 e. The van der Waals surface area contributed by atoms with E-state index in [1.807, 2.05) is 12.1 Å². The quantitative estimate of drug-likeness (QED) is 0.864. The average molecular weight is 228 g/mol. The van der Waals surface area contributed by atoms with Crippen molar-refractivity contribution in [3.63, 3.8) is 0 Å². The standard InChI is InChI=1S/C15H20N2/c1-3-11(4-2)9-12-5-6-13-7-8-15(16)17-14(13)10-12/h5-8,10-11H,3-4,9H2,1-2H3,(H2,16,17). The number of aromatic nitrogens is 1. The molecule has 90 valence electrons. The normalized spacial score (nSPS) is 11.2. The molecule has 0 fully saturated rings. The van der Waals surface area contributed by atoms with Gasteiger partial charge in [-0.25, -0.2) is 4.98 Å². The lowest BCUT2D eigenvalue weighted by molar-refractivity contribution is 0.491. The molecule has 1 aromatic heterocycles. The zero-order chi connectivity index (χ0) is 12.3. The van der Waals surface area contributed by atoms with Crippen molar-refractivity contribution in [3.05, 3.63) is 35.9 Å². The second-order valence-electron chi connectivity index (χ2n) is 4.65. The molecular weight excluding hydrogens is 208 g/mol. The second-order valence-corrected chi connectivity index (χ2v) is 4.65. The van der Waals surface area contributed by atoms with Gasteiger partial charge in [0.1, 0.15) is 5.82 Å². The number of nitrogens with zero attached hydrogens (tertiary/aromatic N) is 1. The minimum Gasteiger partial charge on any atom is -0.384 e. The summed E-state index contributed by atoms with van der Waals surface area (Å²) in [4.78, 5) is 4.37. The predicted molar refractivity (Wildman–Crippen MR) is 73.9 cm³/mol. The molecule has 2 heteroatoms. The van der Waals surface area contributed by atoms with Crippen LogP contribution in [0.5, 0.6) is 0 Å². The fraction of sp³-hybridized carbons (Fsp3) is 0.400. The topological polar surface area (TPSA) is 38.9 Å². The lowest BCUT2D eigenvalue weighted by Gasteiger charge is -2.12. The van der Waals surface area contributed by atoms with Gasteiger partial charge in [0.05, 0.1) is 5.52 Å². The van der Waals surface area contributed by atoms with Gasteiger partial charge in [-0.15, -0.1) is 0 Å². The number of hydrogen-bond acceptors (Lipinski definition) is 2. The minimum absolute atomic E-state index is 0.595. The molecule has 0 amide bonds. The first-order valence-electron chi connectivity index (χ1n) is 6.38. The summed E-state index contributed by atoms with van der Waals surface area (Å²) in [5.41, 5.74) is 8.09. The second kappa shape index (κ2) is 5.17. The van der Waals surface area contributed by atoms with Gasteiger partial charge in [-0.05, 0) is 36.1 Å². The van der Waals surface area contributed by atoms with E-state index in [2.05, 4.69) is 37.0 Å². The number of fused-ring (bicyclic) bond motifs is 1. The highest BCUT2D eigenvalue weighted by Crippen LogP contribution is 2.20. The molecule has 0 spiro atoms. The van der Waals surface area contributed by atoms with E-state index >= 15 is 0 Å². The molecule has 0 aliphatic heterocycles. The minimum atomic E-state index is 0.595. The van der Waals surface area contributed by atoms with Crippen molar-refractivity contribution >= 4 is 16.7 Å². The Morgan fingerprint density at radius 3 is 2.53 bits per heavy atom. The van der Waals surface area contributed by atoms with Crippen LogP contribution in [-0.2, 0) is 6.42 Å². The first kappa shape index (κ1) is 11.9. The first-order chi connectivity index (χ1) is 8.22. The molecule has 2 rings (SSSR count). The molecule has 0 saturated heterocycles. The zero-order valence-electron chi connectivity index (χ0n) is 10.6. The van der Waals surface area contributed by atoms with Crippen molar-refractivity contribution in [2.24, 2.45) is 5.92 Å². The van der Waals surface area contributed by atoms with Gasteiger partial charge in [0.2, 0.25) is 0 Å². The number of nitrogens with two attached hydrogens (primary N) is 1. The summed E-state index contributed by atoms with van der Waals surface area (Å²) in [5, 5.41) is 1.16. The van der Waals surface area contributed by atoms with Gasteiger partial charge in [-0.3, -0.25) is 0 Å². The van der Waals surface area contributed by atoms with Crippen molar-refractivity contribution in [1.29, 1.82) is 0 Å². The molecule has 0 bridgehead atoms. The van der Waals surface area contributed by atoms with E-state index in [0.29, 0.717) is 5.82 Å². The van der Waals surface area contributed by atoms with Crippen molar-refractivity contribution < 1.29 is 0 Å². The summed E-state index contributed by atoms with van der Waals surface area (Å²) in [5.74, 6) is 1.37. The van der Waals surface area contributed by atoms with Crippen molar-refractivity contribution in [1.82, 2.24) is 4.98 Å². The number of pyridine rings is 1. The summed E-state index contributed by atoms with van der Waals surface area (Å²) in [6, 6.07) is 10.4. The highest BCUT2D eigenvalue weighted by Gasteiger charge is 2.06. The molecule has 1 aromatic carbocycles. The van der Waals surface area contributed by atoms with Crippen LogP contribution in [0.25, 0.3) is 10.9 Å². The summed E-state index contributed by atoms with van der Waals surface area (Å²) in [7, 11) is 0. The van der Waals surface area contributed by atoms with Crippen molar-refractivity contribution in [2.45, 2.75) is 33.1 Å². The van der Waals surface area contributed by atoms with E-state index in [9.17, 15) is 0 Å². The summed E-state index contributed by atoms with van der Waals surface area (Å²) in [6.45, 7) is 4.51. The summed E-state index contributed by atoms with van der Waals surface area (Å²) >= 11 is 0. The number of rotatable bonds is 4. The molecule has 2 N–H and O–H groups in total. The highest BCUT2D eigenvalue weighted by atomic mass is 14.8. The monoisotopic (exact) mass is 228 g/mol. The lowest BCUT2D eigenvalue weighted by Crippen LogP contribution is -2.01. The van der Waals surface area contributed by atoms with Gasteiger partial charge in [0, 0.05) is 5.39 Å². The van der Waals surface area contributed by atoms with Crippen LogP contribution in [0.4, 0.5) is 5.82 Å². The Labute approximate surface area is 103 Å². The first-order valence-corrected chi connectivity index (χ1v) is 6.38. The molecule has 17 heavy (non-hydrogen) atoms. The third kappa shape index (κ3) is 2.76. The fourth-order valence-corrected chi connectivity index (χ4v) is 2.22. The number of nitrogen functional groups attached to an aromatic ring is 1. The molecule has 0 aliphatic carbocycles. The van der Waals surface area contributed by atoms with E-state index < -0.39 is 0 Å². The van der Waals surface area contributed by atoms with Crippen LogP contribution in [-0.4, -0.2) is 4.98 Å². The molecule has 2 nitrogen and oxygen atoms in total. The number of anilines is 1. The highest BCUT2D eigenvalue weighted by molar-refractivity contribution is 5.80. The largest absolute Gasteiger partial charge is 0.384 e. The van der Waals surface area contributed by atoms with E-state index in [4.69, 9.17) is 5.73 Å². The predicted octanol–water partition coefficient (Wildman–Crippen LogP) is 3.80. The summed E-state index contributed by atoms with van der Waals surface area (Å²) in [6.07, 6.45) is 3.61. The van der Waals surface area contributed by atoms with Gasteiger partial charge in [0.25, 0.3) is 0 Å². The van der Waals surface area contributed by atoms with Crippen molar-refractivity contribution in [2.75, 3.05) is 5.73 Å². The maximum absolute atomic E-state index is 5.72. The molecule has 0 saturated carbocycles. The van der Waals surface area contributed by atoms with Gasteiger partial charge in [-0.2, -0.15) is 0 Å². The van der Waals surface area contributed by atoms with E-state index in [-0.39, 0.29) is 0 Å². The van der Waals surface area contributed by atoms with Crippen LogP contribution < -0.4 is 5.73 Å². The molecule has 0 radical (unpaired) electrons. The van der Waals surface area contributed by atoms with Crippen LogP contribution in [0.2, 0.25) is 0 Å². The van der Waals surface area contributed by atoms with Gasteiger partial charge in [0.15, 0.2) is 0 Å². The molecule has 0 aliphatic rings. The Morgan fingerprint density at radius 1 is 1.12 bits per heavy atom. The van der Waals surface area contributed by atoms with Crippen LogP contribution in [0.3, 0.4) is 0 Å². The third-order valence-electron chi connectivity index (χ3n) is 3.46. The van der Waals surface area contributed by atoms with Gasteiger partial charge >= 0.3 is 0 Å². The Kier molecular flexibility index (Phi) is 3.62. The third-order valence-corrected chi connectivity index (χ3v) is 3.46. The Bertz CT molecular complexity index is 501. The lowest BCUT2D eigenvalue weighted by atomic mass is 9.94. The Morgan fingerprint density at radius 2 is 1.82 bits per heavy atom. The van der Waals surface area contributed by atoms with Crippen LogP contribution in [0.1, 0.15) is 32.3 Å². The number of benzene rings is 1. The maximum atomic E-state index is 5.72. The Balaban J connectivity index is 2.30. The van der Waals surface area contributed by atoms with E-state index in [0.717, 1.165) is 23.2 Å².